The van der Waals surface area contributed by atoms with Gasteiger partial charge in [0, 0.05) is 23.6 Å². The van der Waals surface area contributed by atoms with Gasteiger partial charge >= 0.3 is 11.6 Å². The third kappa shape index (κ3) is 5.16. The molecule has 30 heavy (non-hydrogen) atoms. The molecule has 0 saturated carbocycles. The molecular weight excluding hydrogens is 426 g/mol. The van der Waals surface area contributed by atoms with Gasteiger partial charge in [-0.05, 0) is 47.5 Å². The Kier molecular flexibility index (Phi) is 6.74. The van der Waals surface area contributed by atoms with Gasteiger partial charge in [-0.25, -0.2) is 17.9 Å². The van der Waals surface area contributed by atoms with Gasteiger partial charge in [0.05, 0.1) is 6.42 Å². The van der Waals surface area contributed by atoms with Crippen molar-refractivity contribution in [2.24, 2.45) is 0 Å². The van der Waals surface area contributed by atoms with Gasteiger partial charge in [-0.2, -0.15) is 0 Å². The van der Waals surface area contributed by atoms with Crippen molar-refractivity contribution in [3.63, 3.8) is 0 Å². The highest BCUT2D eigenvalue weighted by Gasteiger charge is 2.16. The molecule has 9 heteroatoms. The van der Waals surface area contributed by atoms with Crippen LogP contribution in [0.3, 0.4) is 0 Å². The molecule has 7 nitrogen and oxygen atoms in total. The van der Waals surface area contributed by atoms with Crippen molar-refractivity contribution in [3.05, 3.63) is 62.8 Å². The first-order chi connectivity index (χ1) is 14.2. The van der Waals surface area contributed by atoms with Crippen molar-refractivity contribution in [2.75, 3.05) is 6.54 Å². The van der Waals surface area contributed by atoms with Crippen molar-refractivity contribution in [2.45, 2.75) is 43.9 Å². The third-order valence-corrected chi connectivity index (χ3v) is 7.47. The fourth-order valence-electron chi connectivity index (χ4n) is 3.14. The number of hydrogen-bond acceptors (Lipinski definition) is 7. The van der Waals surface area contributed by atoms with Crippen LogP contribution in [0.1, 0.15) is 42.9 Å². The summed E-state index contributed by atoms with van der Waals surface area (Å²) in [5.74, 6) is -0.283. The number of ether oxygens (including phenoxy) is 1. The number of esters is 1. The summed E-state index contributed by atoms with van der Waals surface area (Å²) >= 11 is 1.10. The van der Waals surface area contributed by atoms with Crippen molar-refractivity contribution >= 4 is 38.3 Å². The maximum Gasteiger partial charge on any atom is 0.336 e. The highest BCUT2D eigenvalue weighted by atomic mass is 32.2. The molecule has 0 atom stereocenters. The summed E-state index contributed by atoms with van der Waals surface area (Å²) in [4.78, 5) is 24.0. The van der Waals surface area contributed by atoms with E-state index in [1.54, 1.807) is 11.4 Å². The van der Waals surface area contributed by atoms with E-state index in [1.807, 2.05) is 19.1 Å². The number of carbonyl (C=O) groups is 1. The Hall–Kier alpha value is -2.49. The zero-order valence-electron chi connectivity index (χ0n) is 16.9. The Balaban J connectivity index is 1.67. The van der Waals surface area contributed by atoms with Gasteiger partial charge in [0.15, 0.2) is 0 Å². The molecule has 0 saturated heterocycles. The lowest BCUT2D eigenvalue weighted by molar-refractivity contribution is -0.144. The number of rotatable bonds is 8. The molecule has 2 aromatic heterocycles. The van der Waals surface area contributed by atoms with Crippen molar-refractivity contribution in [3.8, 4) is 0 Å². The molecule has 0 amide bonds. The fourth-order valence-corrected chi connectivity index (χ4v) is 5.21. The van der Waals surface area contributed by atoms with Gasteiger partial charge in [0.25, 0.3) is 0 Å². The quantitative estimate of drug-likeness (QED) is 0.416. The molecule has 0 bridgehead atoms. The van der Waals surface area contributed by atoms with Crippen LogP contribution in [0.4, 0.5) is 0 Å². The molecular formula is C21H23NO6S2. The summed E-state index contributed by atoms with van der Waals surface area (Å²) in [6.45, 7) is 5.93. The number of thiophene rings is 1. The van der Waals surface area contributed by atoms with Crippen LogP contribution < -0.4 is 10.3 Å². The second-order valence-corrected chi connectivity index (χ2v) is 10.1. The van der Waals surface area contributed by atoms with E-state index in [2.05, 4.69) is 18.6 Å². The number of hydrogen-bond donors (Lipinski definition) is 1. The summed E-state index contributed by atoms with van der Waals surface area (Å²) in [7, 11) is -3.62. The van der Waals surface area contributed by atoms with E-state index in [4.69, 9.17) is 9.15 Å². The van der Waals surface area contributed by atoms with Gasteiger partial charge < -0.3 is 9.15 Å². The Morgan fingerprint density at radius 2 is 2.03 bits per heavy atom. The first-order valence-corrected chi connectivity index (χ1v) is 11.8. The van der Waals surface area contributed by atoms with Gasteiger partial charge in [-0.3, -0.25) is 4.79 Å². The monoisotopic (exact) mass is 449 g/mol. The van der Waals surface area contributed by atoms with E-state index >= 15 is 0 Å². The molecule has 3 aromatic rings. The number of carbonyl (C=O) groups excluding carboxylic acids is 1. The van der Waals surface area contributed by atoms with E-state index in [-0.39, 0.29) is 29.7 Å². The second-order valence-electron chi connectivity index (χ2n) is 7.19. The van der Waals surface area contributed by atoms with Crippen LogP contribution >= 0.6 is 11.3 Å². The van der Waals surface area contributed by atoms with E-state index in [0.29, 0.717) is 11.1 Å². The van der Waals surface area contributed by atoms with E-state index in [1.165, 1.54) is 12.1 Å². The minimum Gasteiger partial charge on any atom is -0.461 e. The Labute approximate surface area is 178 Å². The minimum atomic E-state index is -3.62. The van der Waals surface area contributed by atoms with Gasteiger partial charge in [-0.1, -0.05) is 19.9 Å². The topological polar surface area (TPSA) is 103 Å². The van der Waals surface area contributed by atoms with Crippen LogP contribution in [-0.2, 0) is 26.2 Å². The molecule has 1 N–H and O–H groups in total. The van der Waals surface area contributed by atoms with Crippen molar-refractivity contribution in [1.29, 1.82) is 0 Å². The molecule has 0 aliphatic carbocycles. The van der Waals surface area contributed by atoms with Crippen LogP contribution in [0.25, 0.3) is 11.0 Å². The maximum atomic E-state index is 12.1. The van der Waals surface area contributed by atoms with Gasteiger partial charge in [-0.15, -0.1) is 11.3 Å². The zero-order valence-corrected chi connectivity index (χ0v) is 18.6. The predicted octanol–water partition coefficient (Wildman–Crippen LogP) is 3.70. The van der Waals surface area contributed by atoms with E-state index in [9.17, 15) is 18.0 Å². The molecule has 1 aromatic carbocycles. The molecule has 3 rings (SSSR count). The highest BCUT2D eigenvalue weighted by Crippen LogP contribution is 2.27. The maximum absolute atomic E-state index is 12.1. The zero-order chi connectivity index (χ0) is 21.9. The van der Waals surface area contributed by atoms with Crippen molar-refractivity contribution < 1.29 is 22.4 Å². The van der Waals surface area contributed by atoms with Gasteiger partial charge in [0.1, 0.15) is 16.4 Å². The largest absolute Gasteiger partial charge is 0.461 e. The molecule has 0 radical (unpaired) electrons. The normalized spacial score (nSPS) is 11.9. The number of sulfonamides is 1. The summed E-state index contributed by atoms with van der Waals surface area (Å²) in [5.41, 5.74) is 2.61. The van der Waals surface area contributed by atoms with Crippen LogP contribution in [0.5, 0.6) is 0 Å². The second kappa shape index (κ2) is 9.11. The minimum absolute atomic E-state index is 0.0760. The molecule has 0 aliphatic heterocycles. The standard InChI is InChI=1S/C21H23NO6S2/c1-13(2)16-11-17-15(10-20(24)28-18(17)9-14(16)3)12-27-19(23)6-7-22-30(25,26)21-5-4-8-29-21/h4-5,8-11,13,22H,6-7,12H2,1-3H3. The summed E-state index contributed by atoms with van der Waals surface area (Å²) < 4.78 is 37.2. The van der Waals surface area contributed by atoms with Crippen LogP contribution in [-0.4, -0.2) is 20.9 Å². The first kappa shape index (κ1) is 22.2. The van der Waals surface area contributed by atoms with Crippen molar-refractivity contribution in [1.82, 2.24) is 4.72 Å². The van der Waals surface area contributed by atoms with Crippen LogP contribution in [0.15, 0.2) is 49.1 Å². The molecule has 0 spiro atoms. The number of benzene rings is 1. The SMILES string of the molecule is Cc1cc2oc(=O)cc(COC(=O)CCNS(=O)(=O)c3cccs3)c2cc1C(C)C. The lowest BCUT2D eigenvalue weighted by atomic mass is 9.95. The molecule has 0 aliphatic rings. The van der Waals surface area contributed by atoms with E-state index in [0.717, 1.165) is 27.8 Å². The van der Waals surface area contributed by atoms with Crippen LogP contribution in [0, 0.1) is 6.92 Å². The molecule has 160 valence electrons. The lowest BCUT2D eigenvalue weighted by Crippen LogP contribution is -2.26. The lowest BCUT2D eigenvalue weighted by Gasteiger charge is -2.13. The fraction of sp³-hybridized carbons (Fsp3) is 0.333. The molecule has 0 fully saturated rings. The Bertz CT molecular complexity index is 1210. The Morgan fingerprint density at radius 1 is 1.27 bits per heavy atom. The van der Waals surface area contributed by atoms with E-state index < -0.39 is 21.6 Å². The summed E-state index contributed by atoms with van der Waals surface area (Å²) in [5, 5.41) is 2.38. The average Bonchev–Trinajstić information content (AvgIpc) is 3.20. The number of nitrogens with one attached hydrogen (secondary N) is 1. The summed E-state index contributed by atoms with van der Waals surface area (Å²) in [6, 6.07) is 8.22. The number of fused-ring (bicyclic) bond motifs is 1. The number of aryl methyl sites for hydroxylation is 1. The Morgan fingerprint density at radius 3 is 2.70 bits per heavy atom. The average molecular weight is 450 g/mol. The van der Waals surface area contributed by atoms with Crippen LogP contribution in [0.2, 0.25) is 0 Å². The molecule has 0 unspecified atom stereocenters. The third-order valence-electron chi connectivity index (χ3n) is 4.61. The summed E-state index contributed by atoms with van der Waals surface area (Å²) in [6.07, 6.45) is -0.125. The first-order valence-electron chi connectivity index (χ1n) is 9.43. The predicted molar refractivity (Wildman–Crippen MR) is 115 cm³/mol. The molecule has 2 heterocycles. The van der Waals surface area contributed by atoms with Gasteiger partial charge in [0.2, 0.25) is 10.0 Å². The smallest absolute Gasteiger partial charge is 0.336 e. The highest BCUT2D eigenvalue weighted by molar-refractivity contribution is 7.91.